The topological polar surface area (TPSA) is 85.4 Å². The van der Waals surface area contributed by atoms with Crippen LogP contribution in [-0.2, 0) is 6.42 Å². The fourth-order valence-corrected chi connectivity index (χ4v) is 2.32. The first-order valence-electron chi connectivity index (χ1n) is 5.94. The largest absolute Gasteiger partial charge is 0.344 e. The first-order chi connectivity index (χ1) is 8.25. The second-order valence-electron chi connectivity index (χ2n) is 4.54. The maximum Gasteiger partial charge on any atom is 0.137 e. The molecule has 6 nitrogen and oxygen atoms in total. The molecule has 0 amide bonds. The highest BCUT2D eigenvalue weighted by molar-refractivity contribution is 5.22. The normalized spacial score (nSPS) is 21.2. The molecule has 0 aliphatic heterocycles. The van der Waals surface area contributed by atoms with Crippen molar-refractivity contribution in [3.8, 4) is 0 Å². The number of aryl methyl sites for hydroxylation is 1. The lowest BCUT2D eigenvalue weighted by molar-refractivity contribution is 0.536. The van der Waals surface area contributed by atoms with Crippen LogP contribution in [0.15, 0.2) is 12.7 Å². The lowest BCUT2D eigenvalue weighted by Gasteiger charge is -2.15. The molecule has 2 aromatic rings. The predicted molar refractivity (Wildman–Crippen MR) is 62.3 cm³/mol. The number of nitrogens with one attached hydrogen (secondary N) is 1. The number of aromatic amines is 1. The summed E-state index contributed by atoms with van der Waals surface area (Å²) in [6, 6.07) is 0.141. The molecule has 0 bridgehead atoms. The Bertz CT molecular complexity index is 500. The Morgan fingerprint density at radius 3 is 3.18 bits per heavy atom. The molecule has 2 aromatic heterocycles. The second kappa shape index (κ2) is 3.96. The Morgan fingerprint density at radius 2 is 2.47 bits per heavy atom. The lowest BCUT2D eigenvalue weighted by Crippen LogP contribution is -2.17. The average Bonchev–Trinajstić information content (AvgIpc) is 2.98. The van der Waals surface area contributed by atoms with Gasteiger partial charge in [-0.05, 0) is 26.2 Å². The summed E-state index contributed by atoms with van der Waals surface area (Å²) in [6.45, 7) is 2.05. The van der Waals surface area contributed by atoms with Gasteiger partial charge in [-0.15, -0.1) is 0 Å². The number of imidazole rings is 1. The van der Waals surface area contributed by atoms with Crippen LogP contribution in [0.3, 0.4) is 0 Å². The van der Waals surface area contributed by atoms with Crippen LogP contribution in [0.25, 0.3) is 0 Å². The first-order valence-corrected chi connectivity index (χ1v) is 5.94. The number of hydrogen-bond donors (Lipinski definition) is 2. The van der Waals surface area contributed by atoms with E-state index < -0.39 is 0 Å². The highest BCUT2D eigenvalue weighted by Gasteiger charge is 2.23. The summed E-state index contributed by atoms with van der Waals surface area (Å²) >= 11 is 0. The zero-order valence-corrected chi connectivity index (χ0v) is 9.80. The highest BCUT2D eigenvalue weighted by Crippen LogP contribution is 2.27. The van der Waals surface area contributed by atoms with E-state index in [4.69, 9.17) is 5.73 Å². The van der Waals surface area contributed by atoms with Gasteiger partial charge in [-0.2, -0.15) is 5.10 Å². The highest BCUT2D eigenvalue weighted by atomic mass is 15.3. The number of nitrogens with zero attached hydrogens (tertiary/aromatic N) is 4. The van der Waals surface area contributed by atoms with Crippen LogP contribution in [0.5, 0.6) is 0 Å². The van der Waals surface area contributed by atoms with Crippen LogP contribution in [0, 0.1) is 0 Å². The van der Waals surface area contributed by atoms with E-state index in [1.54, 1.807) is 11.0 Å². The molecule has 0 saturated carbocycles. The molecular weight excluding hydrogens is 216 g/mol. The molecule has 17 heavy (non-hydrogen) atoms. The number of nitrogens with two attached hydrogens (primary N) is 1. The molecule has 1 aliphatic rings. The third kappa shape index (κ3) is 1.74. The molecule has 2 heterocycles. The number of fused-ring (bicyclic) bond motifs is 1. The molecule has 90 valence electrons. The molecule has 3 rings (SSSR count). The van der Waals surface area contributed by atoms with E-state index in [1.807, 2.05) is 6.92 Å². The summed E-state index contributed by atoms with van der Waals surface area (Å²) in [5.41, 5.74) is 8.27. The third-order valence-electron chi connectivity index (χ3n) is 3.35. The average molecular weight is 232 g/mol. The van der Waals surface area contributed by atoms with Crippen molar-refractivity contribution in [2.75, 3.05) is 0 Å². The van der Waals surface area contributed by atoms with Crippen LogP contribution in [0.1, 0.15) is 49.1 Å². The summed E-state index contributed by atoms with van der Waals surface area (Å²) in [6.07, 6.45) is 6.43. The monoisotopic (exact) mass is 232 g/mol. The Hall–Kier alpha value is -1.69. The molecule has 0 aromatic carbocycles. The fourth-order valence-electron chi connectivity index (χ4n) is 2.32. The lowest BCUT2D eigenvalue weighted by atomic mass is 9.97. The van der Waals surface area contributed by atoms with Gasteiger partial charge in [0.05, 0.1) is 5.69 Å². The van der Waals surface area contributed by atoms with Gasteiger partial charge in [-0.25, -0.2) is 14.6 Å². The number of hydrogen-bond acceptors (Lipinski definition) is 4. The van der Waals surface area contributed by atoms with E-state index in [2.05, 4.69) is 20.1 Å². The Balaban J connectivity index is 1.94. The molecule has 3 N–H and O–H groups in total. The first kappa shape index (κ1) is 10.5. The summed E-state index contributed by atoms with van der Waals surface area (Å²) < 4.78 is 1.79. The summed E-state index contributed by atoms with van der Waals surface area (Å²) in [4.78, 5) is 11.9. The summed E-state index contributed by atoms with van der Waals surface area (Å²) in [5, 5.41) is 4.13. The minimum atomic E-state index is 0.0651. The van der Waals surface area contributed by atoms with E-state index in [-0.39, 0.29) is 12.1 Å². The van der Waals surface area contributed by atoms with Gasteiger partial charge in [-0.1, -0.05) is 0 Å². The van der Waals surface area contributed by atoms with Crippen molar-refractivity contribution in [3.63, 3.8) is 0 Å². The van der Waals surface area contributed by atoms with E-state index in [9.17, 15) is 0 Å². The van der Waals surface area contributed by atoms with Crippen LogP contribution < -0.4 is 5.73 Å². The Labute approximate surface area is 99.3 Å². The molecule has 1 aliphatic carbocycles. The molecule has 2 unspecified atom stereocenters. The van der Waals surface area contributed by atoms with Crippen LogP contribution >= 0.6 is 0 Å². The molecular formula is C11H16N6. The quantitative estimate of drug-likeness (QED) is 0.807. The van der Waals surface area contributed by atoms with Crippen LogP contribution in [0.4, 0.5) is 0 Å². The van der Waals surface area contributed by atoms with E-state index >= 15 is 0 Å². The second-order valence-corrected chi connectivity index (χ2v) is 4.54. The van der Waals surface area contributed by atoms with Crippen LogP contribution in [0.2, 0.25) is 0 Å². The zero-order valence-electron chi connectivity index (χ0n) is 9.80. The van der Waals surface area contributed by atoms with Crippen molar-refractivity contribution < 1.29 is 0 Å². The van der Waals surface area contributed by atoms with Gasteiger partial charge in [0, 0.05) is 11.7 Å². The number of H-pyrrole nitrogens is 1. The van der Waals surface area contributed by atoms with E-state index in [0.717, 1.165) is 30.8 Å². The van der Waals surface area contributed by atoms with Gasteiger partial charge in [0.25, 0.3) is 0 Å². The van der Waals surface area contributed by atoms with E-state index in [1.165, 1.54) is 12.0 Å². The van der Waals surface area contributed by atoms with Crippen molar-refractivity contribution in [3.05, 3.63) is 29.9 Å². The number of aromatic nitrogens is 5. The molecule has 0 radical (unpaired) electrons. The van der Waals surface area contributed by atoms with Gasteiger partial charge in [-0.3, -0.25) is 0 Å². The van der Waals surface area contributed by atoms with Crippen molar-refractivity contribution in [1.82, 2.24) is 24.7 Å². The maximum atomic E-state index is 6.06. The minimum Gasteiger partial charge on any atom is -0.344 e. The molecule has 0 spiro atoms. The third-order valence-corrected chi connectivity index (χ3v) is 3.35. The predicted octanol–water partition coefficient (Wildman–Crippen LogP) is 0.947. The smallest absolute Gasteiger partial charge is 0.137 e. The summed E-state index contributed by atoms with van der Waals surface area (Å²) in [7, 11) is 0. The van der Waals surface area contributed by atoms with Gasteiger partial charge in [0.1, 0.15) is 24.5 Å². The van der Waals surface area contributed by atoms with Gasteiger partial charge in [0.15, 0.2) is 0 Å². The molecule has 0 saturated heterocycles. The molecule has 0 fully saturated rings. The fraction of sp³-hybridized carbons (Fsp3) is 0.545. The SMILES string of the molecule is CC(c1nc2c([nH]1)CCCC2N)n1cncn1. The standard InChI is InChI=1S/C11H16N6/c1-7(17-6-13-5-14-17)11-15-9-4-2-3-8(12)10(9)16-11/h5-8H,2-4,12H2,1H3,(H,15,16). The van der Waals surface area contributed by atoms with Gasteiger partial charge in [0.2, 0.25) is 0 Å². The van der Waals surface area contributed by atoms with E-state index in [0.29, 0.717) is 0 Å². The van der Waals surface area contributed by atoms with Gasteiger partial charge < -0.3 is 10.7 Å². The maximum absolute atomic E-state index is 6.06. The summed E-state index contributed by atoms with van der Waals surface area (Å²) in [5.74, 6) is 0.915. The Kier molecular flexibility index (Phi) is 2.44. The van der Waals surface area contributed by atoms with Crippen molar-refractivity contribution in [2.24, 2.45) is 5.73 Å². The Morgan fingerprint density at radius 1 is 1.59 bits per heavy atom. The molecule has 2 atom stereocenters. The van der Waals surface area contributed by atoms with Crippen molar-refractivity contribution in [1.29, 1.82) is 0 Å². The van der Waals surface area contributed by atoms with Crippen LogP contribution in [-0.4, -0.2) is 24.7 Å². The number of rotatable bonds is 2. The minimum absolute atomic E-state index is 0.0651. The van der Waals surface area contributed by atoms with Crippen molar-refractivity contribution >= 4 is 0 Å². The van der Waals surface area contributed by atoms with Crippen molar-refractivity contribution in [2.45, 2.75) is 38.3 Å². The zero-order chi connectivity index (χ0) is 11.8. The van der Waals surface area contributed by atoms with Gasteiger partial charge >= 0.3 is 0 Å². The molecule has 6 heteroatoms.